The summed E-state index contributed by atoms with van der Waals surface area (Å²) in [6.45, 7) is 0. The fraction of sp³-hybridized carbons (Fsp3) is 0.200. The molecule has 0 radical (unpaired) electrons. The number of nitrogens with one attached hydrogen (secondary N) is 2. The normalized spacial score (nSPS) is 10.4. The maximum Gasteiger partial charge on any atom is 0.270 e. The summed E-state index contributed by atoms with van der Waals surface area (Å²) in [6, 6.07) is 13.3. The third-order valence-electron chi connectivity index (χ3n) is 4.30. The molecule has 9 heteroatoms. The van der Waals surface area contributed by atoms with Gasteiger partial charge in [0.1, 0.15) is 0 Å². The molecule has 2 aromatic carbocycles. The quantitative estimate of drug-likeness (QED) is 0.444. The molecule has 0 unspecified atom stereocenters. The minimum Gasteiger partial charge on any atom is -0.493 e. The smallest absolute Gasteiger partial charge is 0.270 e. The molecule has 2 N–H and O–H groups in total. The molecule has 1 heterocycles. The number of carbonyl (C=O) groups is 1. The van der Waals surface area contributed by atoms with E-state index in [-0.39, 0.29) is 18.0 Å². The molecule has 0 aliphatic carbocycles. The predicted molar refractivity (Wildman–Crippen MR) is 107 cm³/mol. The monoisotopic (exact) mass is 396 g/mol. The molecule has 0 aliphatic rings. The molecule has 0 spiro atoms. The summed E-state index contributed by atoms with van der Waals surface area (Å²) < 4.78 is 10.5. The molecule has 0 aliphatic heterocycles. The number of aryl methyl sites for hydroxylation is 1. The number of H-pyrrole nitrogens is 1. The van der Waals surface area contributed by atoms with Gasteiger partial charge in [0.25, 0.3) is 5.69 Å². The van der Waals surface area contributed by atoms with Gasteiger partial charge in [0.15, 0.2) is 17.3 Å². The Morgan fingerprint density at radius 1 is 1.14 bits per heavy atom. The van der Waals surface area contributed by atoms with E-state index in [2.05, 4.69) is 15.5 Å². The lowest BCUT2D eigenvalue weighted by Crippen LogP contribution is -2.12. The van der Waals surface area contributed by atoms with Crippen molar-refractivity contribution in [2.75, 3.05) is 19.5 Å². The second kappa shape index (κ2) is 8.87. The lowest BCUT2D eigenvalue weighted by atomic mass is 10.1. The maximum absolute atomic E-state index is 12.2. The third kappa shape index (κ3) is 4.89. The summed E-state index contributed by atoms with van der Waals surface area (Å²) in [5, 5.41) is 20.5. The molecule has 3 rings (SSSR count). The van der Waals surface area contributed by atoms with Gasteiger partial charge in [0, 0.05) is 30.2 Å². The van der Waals surface area contributed by atoms with Crippen molar-refractivity contribution in [3.05, 3.63) is 64.2 Å². The van der Waals surface area contributed by atoms with Gasteiger partial charge in [-0.3, -0.25) is 20.0 Å². The number of aromatic nitrogens is 2. The molecule has 1 amide bonds. The van der Waals surface area contributed by atoms with Crippen LogP contribution in [-0.4, -0.2) is 35.2 Å². The number of carbonyl (C=O) groups excluding carboxylic acids is 1. The van der Waals surface area contributed by atoms with Crippen LogP contribution < -0.4 is 14.8 Å². The third-order valence-corrected chi connectivity index (χ3v) is 4.30. The van der Waals surface area contributed by atoms with E-state index in [1.54, 1.807) is 38.5 Å². The number of rotatable bonds is 8. The fourth-order valence-corrected chi connectivity index (χ4v) is 2.82. The van der Waals surface area contributed by atoms with E-state index in [9.17, 15) is 14.9 Å². The first-order valence-electron chi connectivity index (χ1n) is 8.81. The van der Waals surface area contributed by atoms with Gasteiger partial charge in [-0.05, 0) is 24.1 Å². The number of non-ortho nitro benzene ring substituents is 1. The minimum absolute atomic E-state index is 0.0161. The van der Waals surface area contributed by atoms with E-state index in [4.69, 9.17) is 9.47 Å². The van der Waals surface area contributed by atoms with Gasteiger partial charge in [-0.2, -0.15) is 5.10 Å². The SMILES string of the molecule is COc1ccc(CCC(=O)Nc2cc(-c3cccc([N+](=O)[O-])c3)[nH]n2)cc1OC. The number of methoxy groups -OCH3 is 2. The largest absolute Gasteiger partial charge is 0.493 e. The van der Waals surface area contributed by atoms with Crippen LogP contribution >= 0.6 is 0 Å². The summed E-state index contributed by atoms with van der Waals surface area (Å²) in [5.41, 5.74) is 2.11. The summed E-state index contributed by atoms with van der Waals surface area (Å²) in [4.78, 5) is 22.7. The van der Waals surface area contributed by atoms with E-state index in [0.717, 1.165) is 5.56 Å². The second-order valence-corrected chi connectivity index (χ2v) is 6.21. The van der Waals surface area contributed by atoms with Crippen molar-refractivity contribution in [3.63, 3.8) is 0 Å². The molecule has 29 heavy (non-hydrogen) atoms. The molecule has 0 saturated carbocycles. The Morgan fingerprint density at radius 3 is 2.66 bits per heavy atom. The van der Waals surface area contributed by atoms with Crippen molar-refractivity contribution in [2.45, 2.75) is 12.8 Å². The highest BCUT2D eigenvalue weighted by Crippen LogP contribution is 2.28. The number of benzene rings is 2. The minimum atomic E-state index is -0.462. The molecule has 0 atom stereocenters. The summed E-state index contributed by atoms with van der Waals surface area (Å²) in [5.74, 6) is 1.39. The zero-order chi connectivity index (χ0) is 20.8. The van der Waals surface area contributed by atoms with Crippen LogP contribution in [-0.2, 0) is 11.2 Å². The van der Waals surface area contributed by atoms with Crippen LogP contribution in [0.2, 0.25) is 0 Å². The molecular formula is C20H20N4O5. The highest BCUT2D eigenvalue weighted by Gasteiger charge is 2.12. The van der Waals surface area contributed by atoms with E-state index >= 15 is 0 Å². The van der Waals surface area contributed by atoms with Crippen molar-refractivity contribution in [1.82, 2.24) is 10.2 Å². The van der Waals surface area contributed by atoms with Gasteiger partial charge in [0.2, 0.25) is 5.91 Å². The van der Waals surface area contributed by atoms with Crippen LogP contribution in [0.25, 0.3) is 11.3 Å². The van der Waals surface area contributed by atoms with Crippen LogP contribution in [0.1, 0.15) is 12.0 Å². The van der Waals surface area contributed by atoms with Crippen LogP contribution in [0.3, 0.4) is 0 Å². The van der Waals surface area contributed by atoms with Crippen LogP contribution in [0.15, 0.2) is 48.5 Å². The average molecular weight is 396 g/mol. The summed E-state index contributed by atoms with van der Waals surface area (Å²) in [6.07, 6.45) is 0.781. The number of hydrogen-bond acceptors (Lipinski definition) is 6. The van der Waals surface area contributed by atoms with Crippen LogP contribution in [0.4, 0.5) is 11.5 Å². The maximum atomic E-state index is 12.2. The standard InChI is InChI=1S/C20H20N4O5/c1-28-17-8-6-13(10-18(17)29-2)7-9-20(25)21-19-12-16(22-23-19)14-4-3-5-15(11-14)24(26)27/h3-6,8,10-12H,7,9H2,1-2H3,(H2,21,22,23,25). The second-order valence-electron chi connectivity index (χ2n) is 6.21. The zero-order valence-corrected chi connectivity index (χ0v) is 16.0. The van der Waals surface area contributed by atoms with Crippen molar-refractivity contribution in [3.8, 4) is 22.8 Å². The first-order valence-corrected chi connectivity index (χ1v) is 8.81. The van der Waals surface area contributed by atoms with E-state index in [0.29, 0.717) is 35.0 Å². The van der Waals surface area contributed by atoms with Crippen LogP contribution in [0, 0.1) is 10.1 Å². The number of nitro benzene ring substituents is 1. The van der Waals surface area contributed by atoms with Gasteiger partial charge in [-0.1, -0.05) is 18.2 Å². The predicted octanol–water partition coefficient (Wildman–Crippen LogP) is 3.57. The van der Waals surface area contributed by atoms with E-state index in [1.165, 1.54) is 12.1 Å². The fourth-order valence-electron chi connectivity index (χ4n) is 2.82. The van der Waals surface area contributed by atoms with Gasteiger partial charge < -0.3 is 14.8 Å². The Morgan fingerprint density at radius 2 is 1.93 bits per heavy atom. The number of nitro groups is 1. The number of nitrogens with zero attached hydrogens (tertiary/aromatic N) is 2. The molecule has 0 saturated heterocycles. The molecular weight excluding hydrogens is 376 g/mol. The van der Waals surface area contributed by atoms with E-state index in [1.807, 2.05) is 12.1 Å². The van der Waals surface area contributed by atoms with Gasteiger partial charge in [-0.15, -0.1) is 0 Å². The number of aromatic amines is 1. The average Bonchev–Trinajstić information content (AvgIpc) is 3.20. The van der Waals surface area contributed by atoms with Gasteiger partial charge >= 0.3 is 0 Å². The Labute approximate surface area is 166 Å². The van der Waals surface area contributed by atoms with Crippen molar-refractivity contribution in [1.29, 1.82) is 0 Å². The van der Waals surface area contributed by atoms with Gasteiger partial charge in [0.05, 0.1) is 24.8 Å². The first-order chi connectivity index (χ1) is 14.0. The summed E-state index contributed by atoms with van der Waals surface area (Å²) in [7, 11) is 3.13. The van der Waals surface area contributed by atoms with Crippen molar-refractivity contribution in [2.24, 2.45) is 0 Å². The Hall–Kier alpha value is -3.88. The topological polar surface area (TPSA) is 119 Å². The highest BCUT2D eigenvalue weighted by atomic mass is 16.6. The number of ether oxygens (including phenoxy) is 2. The van der Waals surface area contributed by atoms with Crippen molar-refractivity contribution >= 4 is 17.4 Å². The summed E-state index contributed by atoms with van der Waals surface area (Å²) >= 11 is 0. The molecule has 9 nitrogen and oxygen atoms in total. The molecule has 150 valence electrons. The Kier molecular flexibility index (Phi) is 6.08. The zero-order valence-electron chi connectivity index (χ0n) is 16.0. The molecule has 3 aromatic rings. The van der Waals surface area contributed by atoms with Crippen molar-refractivity contribution < 1.29 is 19.2 Å². The van der Waals surface area contributed by atoms with E-state index < -0.39 is 4.92 Å². The molecule has 0 fully saturated rings. The first kappa shape index (κ1) is 19.9. The lowest BCUT2D eigenvalue weighted by molar-refractivity contribution is -0.384. The number of anilines is 1. The number of amides is 1. The highest BCUT2D eigenvalue weighted by molar-refractivity contribution is 5.90. The van der Waals surface area contributed by atoms with Gasteiger partial charge in [-0.25, -0.2) is 0 Å². The Bertz CT molecular complexity index is 1030. The number of hydrogen-bond donors (Lipinski definition) is 2. The lowest BCUT2D eigenvalue weighted by Gasteiger charge is -2.09. The van der Waals surface area contributed by atoms with Crippen LogP contribution in [0.5, 0.6) is 11.5 Å². The Balaban J connectivity index is 1.61. The molecule has 0 bridgehead atoms. The molecule has 1 aromatic heterocycles.